The van der Waals surface area contributed by atoms with Crippen molar-refractivity contribution < 1.29 is 19.1 Å². The predicted octanol–water partition coefficient (Wildman–Crippen LogP) is 5.75. The number of nitrogens with zero attached hydrogens (tertiary/aromatic N) is 1. The minimum atomic E-state index is -0.881. The minimum Gasteiger partial charge on any atom is -0.444 e. The number of para-hydroxylation sites is 1. The average molecular weight is 496 g/mol. The number of carbonyl (C=O) groups is 3. The number of ether oxygens (including phenoxy) is 1. The summed E-state index contributed by atoms with van der Waals surface area (Å²) < 4.78 is 5.29. The molecule has 7 heteroatoms. The molecule has 0 fully saturated rings. The average Bonchev–Trinajstić information content (AvgIpc) is 2.77. The van der Waals surface area contributed by atoms with Crippen LogP contribution in [-0.4, -0.2) is 41.0 Å². The molecule has 2 N–H and O–H groups in total. The molecule has 0 saturated heterocycles. The lowest BCUT2D eigenvalue weighted by atomic mass is 9.92. The van der Waals surface area contributed by atoms with Crippen molar-refractivity contribution >= 4 is 23.6 Å². The molecule has 0 spiro atoms. The summed E-state index contributed by atoms with van der Waals surface area (Å²) in [6.07, 6.45) is -0.0421. The number of benzene rings is 2. The molecule has 36 heavy (non-hydrogen) atoms. The van der Waals surface area contributed by atoms with Crippen LogP contribution < -0.4 is 10.6 Å². The molecule has 0 aliphatic carbocycles. The topological polar surface area (TPSA) is 87.7 Å². The Kier molecular flexibility index (Phi) is 9.68. The van der Waals surface area contributed by atoms with Gasteiger partial charge >= 0.3 is 6.09 Å². The van der Waals surface area contributed by atoms with Crippen molar-refractivity contribution in [1.29, 1.82) is 0 Å². The van der Waals surface area contributed by atoms with Crippen molar-refractivity contribution in [2.24, 2.45) is 0 Å². The maximum Gasteiger partial charge on any atom is 0.408 e. The Balaban J connectivity index is 2.52. The van der Waals surface area contributed by atoms with E-state index in [0.717, 1.165) is 33.5 Å². The summed E-state index contributed by atoms with van der Waals surface area (Å²) in [6.45, 7) is 16.7. The molecule has 196 valence electrons. The molecular weight excluding hydrogens is 454 g/mol. The molecule has 0 aliphatic heterocycles. The van der Waals surface area contributed by atoms with Gasteiger partial charge in [0.1, 0.15) is 18.2 Å². The fourth-order valence-corrected chi connectivity index (χ4v) is 4.25. The van der Waals surface area contributed by atoms with Crippen molar-refractivity contribution in [3.63, 3.8) is 0 Å². The number of aryl methyl sites for hydroxylation is 4. The van der Waals surface area contributed by atoms with E-state index in [0.29, 0.717) is 6.42 Å². The third-order valence-corrected chi connectivity index (χ3v) is 6.21. The van der Waals surface area contributed by atoms with Crippen LogP contribution in [0, 0.1) is 27.7 Å². The van der Waals surface area contributed by atoms with Gasteiger partial charge in [-0.15, -0.1) is 0 Å². The highest BCUT2D eigenvalue weighted by Gasteiger charge is 2.36. The third-order valence-electron chi connectivity index (χ3n) is 6.21. The number of hydrogen-bond acceptors (Lipinski definition) is 4. The Bertz CT molecular complexity index is 1060. The van der Waals surface area contributed by atoms with Crippen LogP contribution in [0.4, 0.5) is 10.5 Å². The van der Waals surface area contributed by atoms with Gasteiger partial charge in [0.05, 0.1) is 0 Å². The van der Waals surface area contributed by atoms with E-state index in [1.165, 1.54) is 0 Å². The molecule has 2 aromatic carbocycles. The Labute approximate surface area is 215 Å². The molecule has 0 aromatic heterocycles. The zero-order chi connectivity index (χ0) is 27.2. The van der Waals surface area contributed by atoms with Gasteiger partial charge < -0.3 is 20.3 Å². The quantitative estimate of drug-likeness (QED) is 0.488. The number of amides is 3. The summed E-state index contributed by atoms with van der Waals surface area (Å²) in [5.74, 6) is -0.657. The SMILES string of the molecule is CCC(C)N(C(=O)CNC(=O)OC(C)(C)C)C(C(=O)Nc1c(C)cccc1C)c1c(C)cccc1C. The zero-order valence-electron chi connectivity index (χ0n) is 23.1. The smallest absolute Gasteiger partial charge is 0.408 e. The number of alkyl carbamates (subject to hydrolysis) is 1. The number of hydrogen-bond donors (Lipinski definition) is 2. The Morgan fingerprint density at radius 2 is 1.42 bits per heavy atom. The highest BCUT2D eigenvalue weighted by molar-refractivity contribution is 5.99. The predicted molar refractivity (Wildman–Crippen MR) is 144 cm³/mol. The largest absolute Gasteiger partial charge is 0.444 e. The number of carbonyl (C=O) groups excluding carboxylic acids is 3. The fourth-order valence-electron chi connectivity index (χ4n) is 4.25. The molecule has 0 heterocycles. The zero-order valence-corrected chi connectivity index (χ0v) is 23.1. The molecule has 2 rings (SSSR count). The third kappa shape index (κ3) is 7.33. The molecule has 0 radical (unpaired) electrons. The van der Waals surface area contributed by atoms with Crippen molar-refractivity contribution in [3.8, 4) is 0 Å². The molecule has 2 unspecified atom stereocenters. The van der Waals surface area contributed by atoms with E-state index in [4.69, 9.17) is 4.74 Å². The van der Waals surface area contributed by atoms with Gasteiger partial charge in [0, 0.05) is 11.7 Å². The molecule has 7 nitrogen and oxygen atoms in total. The maximum absolute atomic E-state index is 14.0. The number of nitrogens with one attached hydrogen (secondary N) is 2. The summed E-state index contributed by atoms with van der Waals surface area (Å²) >= 11 is 0. The van der Waals surface area contributed by atoms with E-state index < -0.39 is 17.7 Å². The first kappa shape index (κ1) is 28.9. The van der Waals surface area contributed by atoms with E-state index in [9.17, 15) is 14.4 Å². The van der Waals surface area contributed by atoms with Gasteiger partial charge in [-0.25, -0.2) is 4.79 Å². The van der Waals surface area contributed by atoms with Crippen molar-refractivity contribution in [2.75, 3.05) is 11.9 Å². The first-order valence-electron chi connectivity index (χ1n) is 12.5. The second kappa shape index (κ2) is 12.1. The molecule has 2 atom stereocenters. The van der Waals surface area contributed by atoms with Crippen LogP contribution in [0.5, 0.6) is 0 Å². The molecule has 0 bridgehead atoms. The van der Waals surface area contributed by atoms with Crippen LogP contribution in [0.15, 0.2) is 36.4 Å². The summed E-state index contributed by atoms with van der Waals surface area (Å²) in [5, 5.41) is 5.65. The molecule has 0 aliphatic rings. The lowest BCUT2D eigenvalue weighted by Crippen LogP contribution is -2.50. The fraction of sp³-hybridized carbons (Fsp3) is 0.483. The van der Waals surface area contributed by atoms with Crippen LogP contribution in [-0.2, 0) is 14.3 Å². The minimum absolute atomic E-state index is 0.259. The second-order valence-corrected chi connectivity index (χ2v) is 10.4. The van der Waals surface area contributed by atoms with Crippen molar-refractivity contribution in [2.45, 2.75) is 86.4 Å². The Hall–Kier alpha value is -3.35. The van der Waals surface area contributed by atoms with Crippen LogP contribution in [0.25, 0.3) is 0 Å². The van der Waals surface area contributed by atoms with E-state index in [1.54, 1.807) is 25.7 Å². The molecule has 2 aromatic rings. The lowest BCUT2D eigenvalue weighted by molar-refractivity contribution is -0.140. The number of rotatable bonds is 8. The molecular formula is C29H41N3O4. The van der Waals surface area contributed by atoms with Crippen LogP contribution in [0.3, 0.4) is 0 Å². The summed E-state index contributed by atoms with van der Waals surface area (Å²) in [4.78, 5) is 41.4. The van der Waals surface area contributed by atoms with Gasteiger partial charge in [0.15, 0.2) is 0 Å². The Morgan fingerprint density at radius 3 is 1.89 bits per heavy atom. The van der Waals surface area contributed by atoms with E-state index in [1.807, 2.05) is 77.9 Å². The second-order valence-electron chi connectivity index (χ2n) is 10.4. The first-order valence-corrected chi connectivity index (χ1v) is 12.5. The lowest BCUT2D eigenvalue weighted by Gasteiger charge is -2.37. The van der Waals surface area contributed by atoms with Crippen LogP contribution in [0.1, 0.15) is 74.9 Å². The van der Waals surface area contributed by atoms with Crippen LogP contribution >= 0.6 is 0 Å². The van der Waals surface area contributed by atoms with Gasteiger partial charge in [0.25, 0.3) is 5.91 Å². The van der Waals surface area contributed by atoms with Crippen molar-refractivity contribution in [3.05, 3.63) is 64.2 Å². The van der Waals surface area contributed by atoms with Gasteiger partial charge in [-0.05, 0) is 89.6 Å². The highest BCUT2D eigenvalue weighted by Crippen LogP contribution is 2.32. The van der Waals surface area contributed by atoms with Gasteiger partial charge in [-0.2, -0.15) is 0 Å². The van der Waals surface area contributed by atoms with Gasteiger partial charge in [-0.1, -0.05) is 43.3 Å². The van der Waals surface area contributed by atoms with Crippen molar-refractivity contribution in [1.82, 2.24) is 10.2 Å². The van der Waals surface area contributed by atoms with E-state index in [-0.39, 0.29) is 24.4 Å². The monoisotopic (exact) mass is 495 g/mol. The molecule has 0 saturated carbocycles. The highest BCUT2D eigenvalue weighted by atomic mass is 16.6. The number of anilines is 1. The standard InChI is InChI=1S/C29H41N3O4/c1-10-22(6)32(23(33)17-30-28(35)36-29(7,8)9)26(24-18(2)13-11-14-19(24)3)27(34)31-25-20(4)15-12-16-21(25)5/h11-16,22,26H,10,17H2,1-9H3,(H,30,35)(H,31,34). The van der Waals surface area contributed by atoms with Crippen LogP contribution in [0.2, 0.25) is 0 Å². The summed E-state index contributed by atoms with van der Waals surface area (Å²) in [5.41, 5.74) is 4.55. The normalized spacial score (nSPS) is 12.9. The van der Waals surface area contributed by atoms with E-state index >= 15 is 0 Å². The summed E-state index contributed by atoms with van der Waals surface area (Å²) in [7, 11) is 0. The molecule has 3 amide bonds. The maximum atomic E-state index is 14.0. The van der Waals surface area contributed by atoms with Gasteiger partial charge in [0.2, 0.25) is 5.91 Å². The Morgan fingerprint density at radius 1 is 0.917 bits per heavy atom. The first-order chi connectivity index (χ1) is 16.8. The van der Waals surface area contributed by atoms with Gasteiger partial charge in [-0.3, -0.25) is 9.59 Å². The summed E-state index contributed by atoms with van der Waals surface area (Å²) in [6, 6.07) is 10.5. The van der Waals surface area contributed by atoms with E-state index in [2.05, 4.69) is 10.6 Å².